The Balaban J connectivity index is 3.09. The lowest BCUT2D eigenvalue weighted by atomic mass is 10.1. The van der Waals surface area contributed by atoms with Gasteiger partial charge in [0.15, 0.2) is 0 Å². The molecule has 0 radical (unpaired) electrons. The van der Waals surface area contributed by atoms with Gasteiger partial charge in [0, 0.05) is 19.2 Å². The van der Waals surface area contributed by atoms with Crippen molar-refractivity contribution < 1.29 is 27.5 Å². The molecule has 7 heteroatoms. The molecular formula is C11H11F4NO2. The number of amides is 1. The Morgan fingerprint density at radius 3 is 2.50 bits per heavy atom. The van der Waals surface area contributed by atoms with Gasteiger partial charge in [-0.15, -0.1) is 0 Å². The van der Waals surface area contributed by atoms with Gasteiger partial charge in [-0.05, 0) is 18.2 Å². The van der Waals surface area contributed by atoms with E-state index in [1.807, 2.05) is 0 Å². The van der Waals surface area contributed by atoms with Gasteiger partial charge in [-0.3, -0.25) is 4.79 Å². The topological polar surface area (TPSA) is 40.5 Å². The Kier molecular flexibility index (Phi) is 4.28. The van der Waals surface area contributed by atoms with Crippen molar-refractivity contribution in [2.75, 3.05) is 20.2 Å². The van der Waals surface area contributed by atoms with Gasteiger partial charge in [-0.25, -0.2) is 4.39 Å². The van der Waals surface area contributed by atoms with E-state index in [2.05, 4.69) is 0 Å². The first-order valence-corrected chi connectivity index (χ1v) is 5.00. The smallest absolute Gasteiger partial charge is 0.395 e. The normalized spacial score (nSPS) is 11.4. The van der Waals surface area contributed by atoms with E-state index in [0.29, 0.717) is 12.1 Å². The summed E-state index contributed by atoms with van der Waals surface area (Å²) in [7, 11) is 1.33. The molecule has 1 N–H and O–H groups in total. The van der Waals surface area contributed by atoms with Gasteiger partial charge in [-0.2, -0.15) is 13.2 Å². The zero-order valence-electron chi connectivity index (χ0n) is 9.46. The van der Waals surface area contributed by atoms with Gasteiger partial charge in [-0.1, -0.05) is 0 Å². The zero-order chi connectivity index (χ0) is 13.9. The molecule has 1 aromatic carbocycles. The third kappa shape index (κ3) is 3.19. The minimum atomic E-state index is -4.85. The number of hydrogen-bond donors (Lipinski definition) is 1. The second-order valence-electron chi connectivity index (χ2n) is 3.64. The highest BCUT2D eigenvalue weighted by Gasteiger charge is 2.34. The van der Waals surface area contributed by atoms with E-state index in [1.165, 1.54) is 7.05 Å². The first-order chi connectivity index (χ1) is 8.27. The van der Waals surface area contributed by atoms with Crippen molar-refractivity contribution in [1.82, 2.24) is 4.90 Å². The van der Waals surface area contributed by atoms with Crippen LogP contribution >= 0.6 is 0 Å². The van der Waals surface area contributed by atoms with Crippen LogP contribution in [0.4, 0.5) is 17.6 Å². The Hall–Kier alpha value is -1.63. The number of rotatable bonds is 3. The third-order valence-electron chi connectivity index (χ3n) is 2.30. The molecule has 100 valence electrons. The molecule has 0 bridgehead atoms. The molecule has 0 aliphatic heterocycles. The van der Waals surface area contributed by atoms with Crippen molar-refractivity contribution in [1.29, 1.82) is 0 Å². The number of nitrogens with zero attached hydrogens (tertiary/aromatic N) is 1. The van der Waals surface area contributed by atoms with E-state index in [9.17, 15) is 22.4 Å². The predicted molar refractivity (Wildman–Crippen MR) is 55.4 cm³/mol. The zero-order valence-corrected chi connectivity index (χ0v) is 9.46. The second kappa shape index (κ2) is 5.34. The summed E-state index contributed by atoms with van der Waals surface area (Å²) in [4.78, 5) is 12.7. The van der Waals surface area contributed by atoms with E-state index in [4.69, 9.17) is 5.11 Å². The number of benzene rings is 1. The lowest BCUT2D eigenvalue weighted by Crippen LogP contribution is -2.29. The summed E-state index contributed by atoms with van der Waals surface area (Å²) in [5, 5.41) is 8.63. The van der Waals surface area contributed by atoms with Crippen LogP contribution in [0.25, 0.3) is 0 Å². The largest absolute Gasteiger partial charge is 0.419 e. The minimum Gasteiger partial charge on any atom is -0.395 e. The van der Waals surface area contributed by atoms with Crippen LogP contribution < -0.4 is 0 Å². The SMILES string of the molecule is CN(CCO)C(=O)c1ccc(F)c(C(F)(F)F)c1. The van der Waals surface area contributed by atoms with Crippen LogP contribution in [0.15, 0.2) is 18.2 Å². The molecule has 0 unspecified atom stereocenters. The van der Waals surface area contributed by atoms with Gasteiger partial charge in [0.25, 0.3) is 5.91 Å². The third-order valence-corrected chi connectivity index (χ3v) is 2.30. The van der Waals surface area contributed by atoms with Crippen LogP contribution in [0.3, 0.4) is 0 Å². The van der Waals surface area contributed by atoms with Crippen molar-refractivity contribution >= 4 is 5.91 Å². The molecule has 3 nitrogen and oxygen atoms in total. The highest BCUT2D eigenvalue weighted by molar-refractivity contribution is 5.94. The van der Waals surface area contributed by atoms with Crippen molar-refractivity contribution in [3.8, 4) is 0 Å². The molecule has 0 saturated carbocycles. The van der Waals surface area contributed by atoms with E-state index < -0.39 is 23.5 Å². The minimum absolute atomic E-state index is 0.0163. The van der Waals surface area contributed by atoms with Crippen molar-refractivity contribution in [2.45, 2.75) is 6.18 Å². The van der Waals surface area contributed by atoms with Gasteiger partial charge in [0.2, 0.25) is 0 Å². The molecular weight excluding hydrogens is 254 g/mol. The number of halogens is 4. The number of hydrogen-bond acceptors (Lipinski definition) is 2. The number of carbonyl (C=O) groups is 1. The average Bonchev–Trinajstić information content (AvgIpc) is 2.27. The number of aliphatic hydroxyl groups excluding tert-OH is 1. The first kappa shape index (κ1) is 14.4. The highest BCUT2D eigenvalue weighted by atomic mass is 19.4. The van der Waals surface area contributed by atoms with Gasteiger partial charge < -0.3 is 10.0 Å². The summed E-state index contributed by atoms with van der Waals surface area (Å²) in [6, 6.07) is 2.04. The molecule has 0 fully saturated rings. The molecule has 18 heavy (non-hydrogen) atoms. The molecule has 0 saturated heterocycles. The van der Waals surface area contributed by atoms with Crippen molar-refractivity contribution in [2.24, 2.45) is 0 Å². The molecule has 0 aliphatic rings. The van der Waals surface area contributed by atoms with Crippen LogP contribution in [0, 0.1) is 5.82 Å². The fraction of sp³-hybridized carbons (Fsp3) is 0.364. The molecule has 0 atom stereocenters. The molecule has 0 heterocycles. The maximum absolute atomic E-state index is 13.0. The maximum Gasteiger partial charge on any atom is 0.419 e. The molecule has 0 aliphatic carbocycles. The quantitative estimate of drug-likeness (QED) is 0.848. The van der Waals surface area contributed by atoms with Crippen LogP contribution in [0.5, 0.6) is 0 Å². The first-order valence-electron chi connectivity index (χ1n) is 5.00. The van der Waals surface area contributed by atoms with Gasteiger partial charge in [0.05, 0.1) is 12.2 Å². The molecule has 1 aromatic rings. The molecule has 0 spiro atoms. The summed E-state index contributed by atoms with van der Waals surface area (Å²) in [5.74, 6) is -2.14. The Bertz CT molecular complexity index is 445. The van der Waals surface area contributed by atoms with E-state index in [0.717, 1.165) is 11.0 Å². The Labute approximate surface area is 101 Å². The Morgan fingerprint density at radius 2 is 2.00 bits per heavy atom. The van der Waals surface area contributed by atoms with Crippen molar-refractivity contribution in [3.63, 3.8) is 0 Å². The average molecular weight is 265 g/mol. The number of alkyl halides is 3. The summed E-state index contributed by atoms with van der Waals surface area (Å²) in [5.41, 5.74) is -1.76. The highest BCUT2D eigenvalue weighted by Crippen LogP contribution is 2.32. The summed E-state index contributed by atoms with van der Waals surface area (Å²) < 4.78 is 50.3. The fourth-order valence-electron chi connectivity index (χ4n) is 1.35. The fourth-order valence-corrected chi connectivity index (χ4v) is 1.35. The molecule has 0 aromatic heterocycles. The van der Waals surface area contributed by atoms with Crippen molar-refractivity contribution in [3.05, 3.63) is 35.1 Å². The maximum atomic E-state index is 13.0. The lowest BCUT2D eigenvalue weighted by Gasteiger charge is -2.16. The number of aliphatic hydroxyl groups is 1. The molecule has 1 amide bonds. The summed E-state index contributed by atoms with van der Waals surface area (Å²) in [6.45, 7) is -0.326. The van der Waals surface area contributed by atoms with Gasteiger partial charge in [0.1, 0.15) is 5.82 Å². The summed E-state index contributed by atoms with van der Waals surface area (Å²) in [6.07, 6.45) is -4.85. The predicted octanol–water partition coefficient (Wildman–Crippen LogP) is 1.91. The number of likely N-dealkylation sites (N-methyl/N-ethyl adjacent to an activating group) is 1. The van der Waals surface area contributed by atoms with E-state index in [1.54, 1.807) is 0 Å². The monoisotopic (exact) mass is 265 g/mol. The summed E-state index contributed by atoms with van der Waals surface area (Å²) >= 11 is 0. The van der Waals surface area contributed by atoms with E-state index >= 15 is 0 Å². The van der Waals surface area contributed by atoms with Crippen LogP contribution in [0.1, 0.15) is 15.9 Å². The molecule has 1 rings (SSSR count). The van der Waals surface area contributed by atoms with Crippen LogP contribution in [-0.4, -0.2) is 36.1 Å². The lowest BCUT2D eigenvalue weighted by molar-refractivity contribution is -0.140. The standard InChI is InChI=1S/C11H11F4NO2/c1-16(4-5-17)10(18)7-2-3-9(12)8(6-7)11(13,14)15/h2-3,6,17H,4-5H2,1H3. The second-order valence-corrected chi connectivity index (χ2v) is 3.64. The number of carbonyl (C=O) groups excluding carboxylic acids is 1. The van der Waals surface area contributed by atoms with E-state index in [-0.39, 0.29) is 18.7 Å². The van der Waals surface area contributed by atoms with Crippen LogP contribution in [-0.2, 0) is 6.18 Å². The Morgan fingerprint density at radius 1 is 1.39 bits per heavy atom. The van der Waals surface area contributed by atoms with Gasteiger partial charge >= 0.3 is 6.18 Å². The van der Waals surface area contributed by atoms with Crippen LogP contribution in [0.2, 0.25) is 0 Å².